The van der Waals surface area contributed by atoms with Crippen LogP contribution in [0, 0.1) is 5.92 Å². The van der Waals surface area contributed by atoms with E-state index in [0.29, 0.717) is 0 Å². The van der Waals surface area contributed by atoms with Crippen LogP contribution in [0.1, 0.15) is 24.2 Å². The van der Waals surface area contributed by atoms with Crippen molar-refractivity contribution < 1.29 is 31.5 Å². The van der Waals surface area contributed by atoms with Crippen molar-refractivity contribution in [3.05, 3.63) is 36.3 Å². The Balaban J connectivity index is 2.06. The number of sulfonamides is 2. The molecule has 0 saturated heterocycles. The lowest BCUT2D eigenvalue weighted by Crippen LogP contribution is -2.50. The van der Waals surface area contributed by atoms with Gasteiger partial charge in [-0.2, -0.15) is 4.31 Å². The van der Waals surface area contributed by atoms with Gasteiger partial charge in [0.25, 0.3) is 15.9 Å². The van der Waals surface area contributed by atoms with E-state index in [1.165, 1.54) is 47.2 Å². The summed E-state index contributed by atoms with van der Waals surface area (Å²) in [6.45, 7) is 3.30. The number of imidazole rings is 1. The number of nitrogens with one attached hydrogen (secondary N) is 1. The van der Waals surface area contributed by atoms with Crippen molar-refractivity contribution in [3.8, 4) is 5.75 Å². The normalized spacial score (nSPS) is 20.1. The number of amides is 1. The highest BCUT2D eigenvalue weighted by atomic mass is 32.2. The summed E-state index contributed by atoms with van der Waals surface area (Å²) in [6.07, 6.45) is 2.99. The van der Waals surface area contributed by atoms with Crippen LogP contribution in [0.15, 0.2) is 35.7 Å². The Bertz CT molecular complexity index is 1290. The summed E-state index contributed by atoms with van der Waals surface area (Å²) >= 11 is 0. The van der Waals surface area contributed by atoms with Crippen molar-refractivity contribution in [2.45, 2.75) is 31.0 Å². The quantitative estimate of drug-likeness (QED) is 0.497. The minimum absolute atomic E-state index is 0.00162. The van der Waals surface area contributed by atoms with Crippen molar-refractivity contribution in [2.24, 2.45) is 13.0 Å². The van der Waals surface area contributed by atoms with Gasteiger partial charge in [0, 0.05) is 32.8 Å². The second kappa shape index (κ2) is 10.1. The van der Waals surface area contributed by atoms with E-state index in [9.17, 15) is 26.7 Å². The number of aryl methyl sites for hydroxylation is 1. The summed E-state index contributed by atoms with van der Waals surface area (Å²) in [4.78, 5) is 18.8. The van der Waals surface area contributed by atoms with Crippen LogP contribution in [0.5, 0.6) is 5.75 Å². The summed E-state index contributed by atoms with van der Waals surface area (Å²) in [5, 5.41) is 9.62. The average molecular weight is 530 g/mol. The van der Waals surface area contributed by atoms with Crippen LogP contribution in [0.4, 0.5) is 5.69 Å². The van der Waals surface area contributed by atoms with Crippen LogP contribution in [-0.4, -0.2) is 91.8 Å². The topological polar surface area (TPSA) is 151 Å². The SMILES string of the molecule is C[C@@H]1CN([C@@H](C)CO)C(=O)c2cccc(NS(C)(=O)=O)c2O[C@@H]1CN(C)S(=O)(=O)c1cn(C)cn1. The predicted molar refractivity (Wildman–Crippen MR) is 129 cm³/mol. The maximum absolute atomic E-state index is 13.4. The van der Waals surface area contributed by atoms with E-state index in [-0.39, 0.29) is 47.6 Å². The van der Waals surface area contributed by atoms with Gasteiger partial charge in [-0.05, 0) is 19.1 Å². The van der Waals surface area contributed by atoms with Crippen LogP contribution in [0.2, 0.25) is 0 Å². The molecular weight excluding hydrogens is 498 g/mol. The standard InChI is InChI=1S/C21H31N5O7S2/c1-14-9-26(15(2)12-27)21(28)16-7-6-8-17(23-34(5,29)30)20(16)33-18(14)10-25(4)35(31,32)19-11-24(3)13-22-19/h6-8,11,13-15,18,23,27H,9-10,12H2,1-5H3/t14-,15+,18-/m1/s1. The van der Waals surface area contributed by atoms with Crippen LogP contribution in [-0.2, 0) is 27.1 Å². The maximum Gasteiger partial charge on any atom is 0.261 e. The number of rotatable bonds is 8. The fraction of sp³-hybridized carbons (Fsp3) is 0.524. The highest BCUT2D eigenvalue weighted by molar-refractivity contribution is 7.92. The molecule has 3 rings (SSSR count). The molecule has 194 valence electrons. The summed E-state index contributed by atoms with van der Waals surface area (Å²) < 4.78 is 61.2. The number of carbonyl (C=O) groups excluding carboxylic acids is 1. The van der Waals surface area contributed by atoms with Crippen molar-refractivity contribution in [3.63, 3.8) is 0 Å². The first kappa shape index (κ1) is 26.9. The number of nitrogens with zero attached hydrogens (tertiary/aromatic N) is 4. The zero-order valence-corrected chi connectivity index (χ0v) is 21.9. The summed E-state index contributed by atoms with van der Waals surface area (Å²) in [5.74, 6) is -0.814. The highest BCUT2D eigenvalue weighted by Gasteiger charge is 2.36. The molecule has 1 amide bonds. The average Bonchev–Trinajstić information content (AvgIpc) is 3.22. The van der Waals surface area contributed by atoms with E-state index < -0.39 is 38.1 Å². The zero-order valence-electron chi connectivity index (χ0n) is 20.2. The number of anilines is 1. The fourth-order valence-corrected chi connectivity index (χ4v) is 5.48. The number of carbonyl (C=O) groups is 1. The number of aromatic nitrogens is 2. The molecule has 1 aliphatic heterocycles. The zero-order chi connectivity index (χ0) is 26.1. The molecule has 3 atom stereocenters. The van der Waals surface area contributed by atoms with Gasteiger partial charge in [0.15, 0.2) is 10.8 Å². The Kier molecular flexibility index (Phi) is 7.79. The highest BCUT2D eigenvalue weighted by Crippen LogP contribution is 2.35. The van der Waals surface area contributed by atoms with Crippen molar-refractivity contribution >= 4 is 31.6 Å². The van der Waals surface area contributed by atoms with Crippen LogP contribution >= 0.6 is 0 Å². The van der Waals surface area contributed by atoms with Crippen LogP contribution < -0.4 is 9.46 Å². The van der Waals surface area contributed by atoms with Crippen molar-refractivity contribution in [2.75, 3.05) is 37.7 Å². The number of ether oxygens (including phenoxy) is 1. The van der Waals surface area contributed by atoms with Gasteiger partial charge in [-0.25, -0.2) is 21.8 Å². The number of benzene rings is 1. The number of hydrogen-bond acceptors (Lipinski definition) is 8. The fourth-order valence-electron chi connectivity index (χ4n) is 3.77. The van der Waals surface area contributed by atoms with Gasteiger partial charge in [-0.15, -0.1) is 0 Å². The molecule has 2 N–H and O–H groups in total. The van der Waals surface area contributed by atoms with Crippen molar-refractivity contribution in [1.29, 1.82) is 0 Å². The van der Waals surface area contributed by atoms with Gasteiger partial charge in [0.05, 0.1) is 43.0 Å². The molecule has 2 aromatic rings. The van der Waals surface area contributed by atoms with E-state index in [0.717, 1.165) is 10.6 Å². The molecule has 35 heavy (non-hydrogen) atoms. The van der Waals surface area contributed by atoms with E-state index in [1.54, 1.807) is 20.9 Å². The summed E-state index contributed by atoms with van der Waals surface area (Å²) in [6, 6.07) is 3.96. The Labute approximate surface area is 205 Å². The molecule has 0 unspecified atom stereocenters. The molecule has 0 aliphatic carbocycles. The third-order valence-electron chi connectivity index (χ3n) is 5.78. The van der Waals surface area contributed by atoms with E-state index in [4.69, 9.17) is 4.74 Å². The monoisotopic (exact) mass is 529 g/mol. The molecule has 1 aromatic heterocycles. The van der Waals surface area contributed by atoms with Crippen molar-refractivity contribution in [1.82, 2.24) is 18.8 Å². The molecule has 0 bridgehead atoms. The van der Waals surface area contributed by atoms with Crippen LogP contribution in [0.25, 0.3) is 0 Å². The molecule has 0 saturated carbocycles. The van der Waals surface area contributed by atoms with Gasteiger partial charge in [0.2, 0.25) is 10.0 Å². The lowest BCUT2D eigenvalue weighted by molar-refractivity contribution is 0.0389. The van der Waals surface area contributed by atoms with Gasteiger partial charge in [-0.3, -0.25) is 9.52 Å². The first-order valence-corrected chi connectivity index (χ1v) is 14.2. The Morgan fingerprint density at radius 3 is 2.57 bits per heavy atom. The smallest absolute Gasteiger partial charge is 0.261 e. The van der Waals surface area contributed by atoms with Crippen LogP contribution in [0.3, 0.4) is 0 Å². The number of likely N-dealkylation sites (N-methyl/N-ethyl adjacent to an activating group) is 1. The largest absolute Gasteiger partial charge is 0.486 e. The van der Waals surface area contributed by atoms with Gasteiger partial charge >= 0.3 is 0 Å². The molecule has 0 radical (unpaired) electrons. The summed E-state index contributed by atoms with van der Waals surface area (Å²) in [7, 11) is -4.58. The lowest BCUT2D eigenvalue weighted by atomic mass is 9.99. The third-order valence-corrected chi connectivity index (χ3v) is 8.08. The third kappa shape index (κ3) is 5.94. The molecule has 1 aliphatic rings. The van der Waals surface area contributed by atoms with Gasteiger partial charge in [-0.1, -0.05) is 13.0 Å². The number of aliphatic hydroxyl groups excluding tert-OH is 1. The molecule has 12 nitrogen and oxygen atoms in total. The van der Waals surface area contributed by atoms with E-state index in [1.807, 2.05) is 0 Å². The molecule has 2 heterocycles. The van der Waals surface area contributed by atoms with Gasteiger partial charge < -0.3 is 19.3 Å². The molecule has 1 aromatic carbocycles. The maximum atomic E-state index is 13.4. The number of aliphatic hydroxyl groups is 1. The molecule has 0 fully saturated rings. The minimum Gasteiger partial charge on any atom is -0.486 e. The first-order valence-electron chi connectivity index (χ1n) is 10.9. The molecule has 0 spiro atoms. The van der Waals surface area contributed by atoms with E-state index in [2.05, 4.69) is 9.71 Å². The van der Waals surface area contributed by atoms with E-state index >= 15 is 0 Å². The summed E-state index contributed by atoms with van der Waals surface area (Å²) in [5.41, 5.74) is 0.162. The Hall–Kier alpha value is -2.68. The first-order chi connectivity index (χ1) is 16.2. The Morgan fingerprint density at radius 2 is 2.00 bits per heavy atom. The Morgan fingerprint density at radius 1 is 1.31 bits per heavy atom. The predicted octanol–water partition coefficient (Wildman–Crippen LogP) is 0.332. The minimum atomic E-state index is -3.93. The lowest BCUT2D eigenvalue weighted by Gasteiger charge is -2.38. The number of para-hydroxylation sites is 1. The molecular formula is C21H31N5O7S2. The second-order valence-corrected chi connectivity index (χ2v) is 12.6. The van der Waals surface area contributed by atoms with Gasteiger partial charge in [0.1, 0.15) is 6.10 Å². The molecule has 14 heteroatoms. The number of hydrogen-bond donors (Lipinski definition) is 2. The number of fused-ring (bicyclic) bond motifs is 1. The second-order valence-electron chi connectivity index (χ2n) is 8.84.